The van der Waals surface area contributed by atoms with Crippen molar-refractivity contribution in [3.63, 3.8) is 0 Å². The minimum atomic E-state index is -1.01. The third-order valence-corrected chi connectivity index (χ3v) is 4.16. The number of rotatable bonds is 4. The van der Waals surface area contributed by atoms with Gasteiger partial charge in [0.05, 0.1) is 11.4 Å². The number of carbonyl (C=O) groups excluding carboxylic acids is 1. The molecule has 3 rings (SSSR count). The van der Waals surface area contributed by atoms with E-state index in [2.05, 4.69) is 10.4 Å². The van der Waals surface area contributed by atoms with E-state index in [9.17, 15) is 14.0 Å². The summed E-state index contributed by atoms with van der Waals surface area (Å²) in [5.74, 6) is 0.140. The first kappa shape index (κ1) is 18.4. The van der Waals surface area contributed by atoms with E-state index in [0.29, 0.717) is 22.8 Å². The van der Waals surface area contributed by atoms with Crippen LogP contribution in [-0.4, -0.2) is 15.7 Å². The zero-order chi connectivity index (χ0) is 19.7. The van der Waals surface area contributed by atoms with E-state index in [1.165, 1.54) is 31.2 Å². The molecule has 0 spiro atoms. The molecular formula is C19H19FN4O3. The van der Waals surface area contributed by atoms with Gasteiger partial charge in [-0.3, -0.25) is 9.59 Å². The second-order valence-electron chi connectivity index (χ2n) is 6.21. The molecule has 1 atom stereocenters. The Balaban J connectivity index is 1.98. The molecule has 0 fully saturated rings. The maximum Gasteiger partial charge on any atom is 0.290 e. The number of aryl methyl sites for hydroxylation is 2. The molecule has 27 heavy (non-hydrogen) atoms. The zero-order valence-corrected chi connectivity index (χ0v) is 15.1. The molecule has 7 nitrogen and oxygen atoms in total. The van der Waals surface area contributed by atoms with Crippen molar-refractivity contribution in [1.82, 2.24) is 9.78 Å². The summed E-state index contributed by atoms with van der Waals surface area (Å²) in [7, 11) is 0. The first-order valence-corrected chi connectivity index (χ1v) is 8.30. The Morgan fingerprint density at radius 3 is 2.63 bits per heavy atom. The van der Waals surface area contributed by atoms with Crippen molar-refractivity contribution in [2.45, 2.75) is 26.8 Å². The van der Waals surface area contributed by atoms with Crippen LogP contribution in [0.4, 0.5) is 15.8 Å². The van der Waals surface area contributed by atoms with Gasteiger partial charge < -0.3 is 15.5 Å². The van der Waals surface area contributed by atoms with E-state index in [0.717, 1.165) is 4.68 Å². The van der Waals surface area contributed by atoms with Crippen LogP contribution >= 0.6 is 0 Å². The monoisotopic (exact) mass is 370 g/mol. The van der Waals surface area contributed by atoms with Crippen LogP contribution in [0.25, 0.3) is 11.3 Å². The lowest BCUT2D eigenvalue weighted by Gasteiger charge is -2.16. The topological polar surface area (TPSA) is 103 Å². The van der Waals surface area contributed by atoms with Gasteiger partial charge >= 0.3 is 0 Å². The number of amides is 1. The first-order chi connectivity index (χ1) is 12.8. The number of hydrogen-bond acceptors (Lipinski definition) is 5. The fourth-order valence-electron chi connectivity index (χ4n) is 2.72. The second kappa shape index (κ2) is 7.06. The fourth-order valence-corrected chi connectivity index (χ4v) is 2.72. The number of carbonyl (C=O) groups is 1. The number of nitrogens with one attached hydrogen (secondary N) is 1. The molecule has 0 bridgehead atoms. The van der Waals surface area contributed by atoms with Gasteiger partial charge in [-0.1, -0.05) is 12.1 Å². The fraction of sp³-hybridized carbons (Fsp3) is 0.211. The predicted octanol–water partition coefficient (Wildman–Crippen LogP) is 3.04. The summed E-state index contributed by atoms with van der Waals surface area (Å²) in [6.45, 7) is 5.05. The summed E-state index contributed by atoms with van der Waals surface area (Å²) in [6, 6.07) is 7.98. The molecule has 2 aromatic heterocycles. The molecule has 3 aromatic rings. The smallest absolute Gasteiger partial charge is 0.290 e. The number of para-hydroxylation sites is 1. The number of halogens is 1. The maximum absolute atomic E-state index is 13.8. The summed E-state index contributed by atoms with van der Waals surface area (Å²) in [4.78, 5) is 24.9. The molecule has 0 aliphatic rings. The number of furan rings is 1. The van der Waals surface area contributed by atoms with Gasteiger partial charge in [-0.05, 0) is 45.0 Å². The molecule has 2 heterocycles. The molecule has 0 saturated carbocycles. The molecule has 140 valence electrons. The van der Waals surface area contributed by atoms with E-state index in [4.69, 9.17) is 10.2 Å². The standard InChI is InChI=1S/C19H19FN4O3/c1-10-8-13(12(3)27-10)17-9-15(21)19(26)24(23-17)11(2)18(25)22-16-7-5-4-6-14(16)20/h4-9,11H,21H2,1-3H3,(H,22,25)/t11-/m1/s1. The van der Waals surface area contributed by atoms with Gasteiger partial charge in [0.1, 0.15) is 29.1 Å². The van der Waals surface area contributed by atoms with Crippen LogP contribution in [0.2, 0.25) is 0 Å². The van der Waals surface area contributed by atoms with Crippen LogP contribution in [0.1, 0.15) is 24.5 Å². The SMILES string of the molecule is Cc1cc(-c2cc(N)c(=O)n([C@H](C)C(=O)Nc3ccccc3F)n2)c(C)o1. The molecule has 1 amide bonds. The molecule has 0 aliphatic carbocycles. The van der Waals surface area contributed by atoms with E-state index in [-0.39, 0.29) is 11.4 Å². The molecule has 3 N–H and O–H groups in total. The van der Waals surface area contributed by atoms with Crippen LogP contribution in [-0.2, 0) is 4.79 Å². The molecular weight excluding hydrogens is 351 g/mol. The number of hydrogen-bond donors (Lipinski definition) is 2. The van der Waals surface area contributed by atoms with Crippen LogP contribution in [0.5, 0.6) is 0 Å². The largest absolute Gasteiger partial charge is 0.466 e. The number of nitrogens with two attached hydrogens (primary N) is 1. The van der Waals surface area contributed by atoms with Crippen molar-refractivity contribution in [3.8, 4) is 11.3 Å². The van der Waals surface area contributed by atoms with Gasteiger partial charge in [0, 0.05) is 5.56 Å². The van der Waals surface area contributed by atoms with Gasteiger partial charge in [0.25, 0.3) is 5.56 Å². The molecule has 0 aliphatic heterocycles. The highest BCUT2D eigenvalue weighted by Crippen LogP contribution is 2.25. The number of benzene rings is 1. The highest BCUT2D eigenvalue weighted by Gasteiger charge is 2.21. The highest BCUT2D eigenvalue weighted by molar-refractivity contribution is 5.93. The molecule has 0 saturated heterocycles. The van der Waals surface area contributed by atoms with Crippen molar-refractivity contribution < 1.29 is 13.6 Å². The number of anilines is 2. The minimum Gasteiger partial charge on any atom is -0.466 e. The summed E-state index contributed by atoms with van der Waals surface area (Å²) in [5.41, 5.74) is 6.28. The first-order valence-electron chi connectivity index (χ1n) is 8.30. The van der Waals surface area contributed by atoms with E-state index in [1.807, 2.05) is 0 Å². The van der Waals surface area contributed by atoms with Crippen LogP contribution in [0.15, 0.2) is 45.6 Å². The third-order valence-electron chi connectivity index (χ3n) is 4.16. The summed E-state index contributed by atoms with van der Waals surface area (Å²) < 4.78 is 20.2. The highest BCUT2D eigenvalue weighted by atomic mass is 19.1. The Morgan fingerprint density at radius 1 is 1.30 bits per heavy atom. The van der Waals surface area contributed by atoms with E-state index < -0.39 is 23.3 Å². The van der Waals surface area contributed by atoms with Crippen LogP contribution < -0.4 is 16.6 Å². The summed E-state index contributed by atoms with van der Waals surface area (Å²) in [6.07, 6.45) is 0. The Labute approximate surface area is 154 Å². The van der Waals surface area contributed by atoms with Gasteiger partial charge in [0.2, 0.25) is 5.91 Å². The van der Waals surface area contributed by atoms with Crippen molar-refractivity contribution in [3.05, 3.63) is 64.1 Å². The Kier molecular flexibility index (Phi) is 4.81. The predicted molar refractivity (Wildman–Crippen MR) is 99.8 cm³/mol. The van der Waals surface area contributed by atoms with Crippen molar-refractivity contribution in [2.75, 3.05) is 11.1 Å². The van der Waals surface area contributed by atoms with Crippen molar-refractivity contribution in [1.29, 1.82) is 0 Å². The molecule has 8 heteroatoms. The summed E-state index contributed by atoms with van der Waals surface area (Å²) in [5, 5.41) is 6.73. The Morgan fingerprint density at radius 2 is 2.00 bits per heavy atom. The van der Waals surface area contributed by atoms with Gasteiger partial charge in [0.15, 0.2) is 0 Å². The number of nitrogen functional groups attached to an aromatic ring is 1. The maximum atomic E-state index is 13.8. The average molecular weight is 370 g/mol. The van der Waals surface area contributed by atoms with Crippen LogP contribution in [0, 0.1) is 19.7 Å². The second-order valence-corrected chi connectivity index (χ2v) is 6.21. The van der Waals surface area contributed by atoms with Crippen molar-refractivity contribution in [2.24, 2.45) is 0 Å². The van der Waals surface area contributed by atoms with Gasteiger partial charge in [-0.15, -0.1) is 0 Å². The third kappa shape index (κ3) is 3.59. The number of aromatic nitrogens is 2. The molecule has 1 aromatic carbocycles. The minimum absolute atomic E-state index is 0.0211. The Bertz CT molecular complexity index is 1070. The zero-order valence-electron chi connectivity index (χ0n) is 15.1. The van der Waals surface area contributed by atoms with Crippen LogP contribution in [0.3, 0.4) is 0 Å². The van der Waals surface area contributed by atoms with E-state index in [1.54, 1.807) is 26.0 Å². The normalized spacial score (nSPS) is 12.0. The van der Waals surface area contributed by atoms with Gasteiger partial charge in [-0.25, -0.2) is 9.07 Å². The van der Waals surface area contributed by atoms with E-state index >= 15 is 0 Å². The average Bonchev–Trinajstić information content (AvgIpc) is 2.97. The Hall–Kier alpha value is -3.42. The van der Waals surface area contributed by atoms with Crippen molar-refractivity contribution >= 4 is 17.3 Å². The van der Waals surface area contributed by atoms with Gasteiger partial charge in [-0.2, -0.15) is 5.10 Å². The number of nitrogens with zero attached hydrogens (tertiary/aromatic N) is 2. The quantitative estimate of drug-likeness (QED) is 0.735. The lowest BCUT2D eigenvalue weighted by Crippen LogP contribution is -2.34. The lowest BCUT2D eigenvalue weighted by atomic mass is 10.1. The lowest BCUT2D eigenvalue weighted by molar-refractivity contribution is -0.119. The summed E-state index contributed by atoms with van der Waals surface area (Å²) >= 11 is 0. The molecule has 0 unspecified atom stereocenters. The molecule has 0 radical (unpaired) electrons.